The first kappa shape index (κ1) is 24.7. The molecule has 4 aliphatic carbocycles. The van der Waals surface area contributed by atoms with Crippen molar-refractivity contribution >= 4 is 22.9 Å². The number of fused-ring (bicyclic) bond motifs is 11. The van der Waals surface area contributed by atoms with Gasteiger partial charge in [0.2, 0.25) is 0 Å². The number of hydrogen-bond acceptors (Lipinski definition) is 4. The molecule has 2 bridgehead atoms. The van der Waals surface area contributed by atoms with Gasteiger partial charge in [0.1, 0.15) is 12.0 Å². The Morgan fingerprint density at radius 1 is 0.905 bits per heavy atom. The van der Waals surface area contributed by atoms with E-state index in [0.717, 1.165) is 25.1 Å². The van der Waals surface area contributed by atoms with Crippen molar-refractivity contribution in [3.8, 4) is 0 Å². The third-order valence-electron chi connectivity index (χ3n) is 10.8. The molecule has 7 aliphatic rings. The maximum Gasteiger partial charge on any atom is 0.133 e. The molecular weight excluding hydrogens is 512 g/mol. The van der Waals surface area contributed by atoms with Crippen LogP contribution in [0.15, 0.2) is 118 Å². The van der Waals surface area contributed by atoms with Crippen LogP contribution in [-0.4, -0.2) is 29.8 Å². The topological polar surface area (TPSA) is 40.0 Å². The van der Waals surface area contributed by atoms with Crippen molar-refractivity contribution in [1.29, 1.82) is 0 Å². The van der Waals surface area contributed by atoms with Crippen molar-refractivity contribution < 1.29 is 0 Å². The van der Waals surface area contributed by atoms with Gasteiger partial charge in [-0.05, 0) is 84.4 Å². The average molecular weight is 551 g/mol. The molecular formula is C38H38N4. The zero-order valence-corrected chi connectivity index (χ0v) is 24.2. The van der Waals surface area contributed by atoms with Crippen molar-refractivity contribution in [2.45, 2.75) is 63.2 Å². The van der Waals surface area contributed by atoms with E-state index in [1.54, 1.807) is 0 Å². The molecule has 0 amide bonds. The van der Waals surface area contributed by atoms with Crippen LogP contribution in [0.25, 0.3) is 0 Å². The zero-order valence-electron chi connectivity index (χ0n) is 24.2. The molecule has 0 saturated carbocycles. The lowest BCUT2D eigenvalue weighted by Gasteiger charge is -2.43. The quantitative estimate of drug-likeness (QED) is 0.388. The fraction of sp³-hybridized carbons (Fsp3) is 0.368. The summed E-state index contributed by atoms with van der Waals surface area (Å²) >= 11 is 0. The molecule has 8 atom stereocenters. The van der Waals surface area contributed by atoms with E-state index in [1.165, 1.54) is 52.2 Å². The lowest BCUT2D eigenvalue weighted by Crippen LogP contribution is -2.53. The summed E-state index contributed by atoms with van der Waals surface area (Å²) in [4.78, 5) is 13.7. The van der Waals surface area contributed by atoms with Crippen LogP contribution in [0.2, 0.25) is 0 Å². The standard InChI is InChI=1S/C38H38N4/c1-23-18-26(36-31-22-25(20-24-10-2-3-11-28(24)31)29-12-4-6-14-32(29)39-36)21-27(19-23)37-40-33-15-7-5-13-30(33)38-41-34-16-8-9-17-35(34)42(37)38/h2-4,6-12,14-18,21,23,25,29-33,38,41H,5,13,19-20,22H2,1H3. The first-order chi connectivity index (χ1) is 20.7. The molecule has 3 aliphatic heterocycles. The Hall–Kier alpha value is -3.92. The highest BCUT2D eigenvalue weighted by atomic mass is 15.4. The van der Waals surface area contributed by atoms with Gasteiger partial charge in [-0.15, -0.1) is 0 Å². The first-order valence-corrected chi connectivity index (χ1v) is 16.0. The summed E-state index contributed by atoms with van der Waals surface area (Å²) in [5, 5.41) is 3.90. The molecule has 0 spiro atoms. The summed E-state index contributed by atoms with van der Waals surface area (Å²) < 4.78 is 0. The van der Waals surface area contributed by atoms with Gasteiger partial charge in [0.05, 0.1) is 23.5 Å². The summed E-state index contributed by atoms with van der Waals surface area (Å²) in [5.41, 5.74) is 9.43. The molecule has 42 heavy (non-hydrogen) atoms. The van der Waals surface area contributed by atoms with E-state index in [0.29, 0.717) is 29.6 Å². The fourth-order valence-corrected chi connectivity index (χ4v) is 8.92. The lowest BCUT2D eigenvalue weighted by atomic mass is 9.68. The van der Waals surface area contributed by atoms with Gasteiger partial charge in [0.25, 0.3) is 0 Å². The Morgan fingerprint density at radius 2 is 1.79 bits per heavy atom. The smallest absolute Gasteiger partial charge is 0.133 e. The number of aliphatic imine (C=N–C) groups is 2. The molecule has 0 aromatic heterocycles. The molecule has 210 valence electrons. The van der Waals surface area contributed by atoms with Gasteiger partial charge in [-0.2, -0.15) is 0 Å². The number of para-hydroxylation sites is 2. The number of allylic oxidation sites excluding steroid dienone is 6. The van der Waals surface area contributed by atoms with E-state index < -0.39 is 0 Å². The van der Waals surface area contributed by atoms with Crippen molar-refractivity contribution in [3.63, 3.8) is 0 Å². The molecule has 9 rings (SSSR count). The minimum Gasteiger partial charge on any atom is -0.363 e. The van der Waals surface area contributed by atoms with Crippen LogP contribution in [0.3, 0.4) is 0 Å². The van der Waals surface area contributed by atoms with E-state index in [2.05, 4.69) is 114 Å². The normalized spacial score (nSPS) is 35.2. The van der Waals surface area contributed by atoms with Gasteiger partial charge in [-0.25, -0.2) is 0 Å². The van der Waals surface area contributed by atoms with E-state index >= 15 is 0 Å². The molecule has 8 unspecified atom stereocenters. The number of nitrogens with zero attached hydrogens (tertiary/aromatic N) is 3. The molecule has 3 heterocycles. The number of benzene rings is 2. The average Bonchev–Trinajstić information content (AvgIpc) is 3.37. The number of amidine groups is 1. The van der Waals surface area contributed by atoms with Crippen LogP contribution in [0.4, 0.5) is 11.4 Å². The summed E-state index contributed by atoms with van der Waals surface area (Å²) in [5.74, 6) is 3.48. The van der Waals surface area contributed by atoms with Crippen LogP contribution >= 0.6 is 0 Å². The number of rotatable bonds is 2. The molecule has 0 fully saturated rings. The lowest BCUT2D eigenvalue weighted by molar-refractivity contribution is 0.332. The van der Waals surface area contributed by atoms with Crippen LogP contribution in [0.5, 0.6) is 0 Å². The van der Waals surface area contributed by atoms with Crippen LogP contribution in [0, 0.1) is 23.7 Å². The first-order valence-electron chi connectivity index (χ1n) is 16.0. The Morgan fingerprint density at radius 3 is 2.76 bits per heavy atom. The van der Waals surface area contributed by atoms with E-state index in [9.17, 15) is 0 Å². The Kier molecular flexibility index (Phi) is 5.61. The van der Waals surface area contributed by atoms with Crippen molar-refractivity contribution in [3.05, 3.63) is 119 Å². The molecule has 2 aromatic rings. The molecule has 0 saturated heterocycles. The summed E-state index contributed by atoms with van der Waals surface area (Å²) in [6.45, 7) is 2.37. The predicted molar refractivity (Wildman–Crippen MR) is 173 cm³/mol. The predicted octanol–water partition coefficient (Wildman–Crippen LogP) is 7.80. The molecule has 4 heteroatoms. The third kappa shape index (κ3) is 3.80. The van der Waals surface area contributed by atoms with Gasteiger partial charge in [-0.3, -0.25) is 9.98 Å². The van der Waals surface area contributed by atoms with E-state index in [4.69, 9.17) is 9.98 Å². The highest BCUT2D eigenvalue weighted by Gasteiger charge is 2.46. The Labute approximate surface area is 249 Å². The van der Waals surface area contributed by atoms with E-state index in [1.807, 2.05) is 0 Å². The van der Waals surface area contributed by atoms with Gasteiger partial charge >= 0.3 is 0 Å². The number of anilines is 2. The Balaban J connectivity index is 1.18. The summed E-state index contributed by atoms with van der Waals surface area (Å²) in [6.07, 6.45) is 24.7. The molecule has 1 N–H and O–H groups in total. The van der Waals surface area contributed by atoms with Crippen LogP contribution in [0.1, 0.15) is 49.7 Å². The zero-order chi connectivity index (χ0) is 27.8. The van der Waals surface area contributed by atoms with Gasteiger partial charge in [-0.1, -0.05) is 85.9 Å². The monoisotopic (exact) mass is 550 g/mol. The van der Waals surface area contributed by atoms with Gasteiger partial charge in [0.15, 0.2) is 0 Å². The maximum atomic E-state index is 5.63. The van der Waals surface area contributed by atoms with E-state index in [-0.39, 0.29) is 18.2 Å². The Bertz CT molecular complexity index is 1670. The number of nitrogens with one attached hydrogen (secondary N) is 1. The SMILES string of the molecule is CC1C=C(C2=NC3C=CC=CC3C3Cc4ccccc4C2C3)C=C(C2=NC3C=CCCC3C3Nc4ccccc4N23)C1. The second-order valence-corrected chi connectivity index (χ2v) is 13.4. The fourth-order valence-electron chi connectivity index (χ4n) is 8.92. The summed E-state index contributed by atoms with van der Waals surface area (Å²) in [7, 11) is 0. The largest absolute Gasteiger partial charge is 0.363 e. The second-order valence-electron chi connectivity index (χ2n) is 13.4. The van der Waals surface area contributed by atoms with Crippen LogP contribution < -0.4 is 10.2 Å². The highest BCUT2D eigenvalue weighted by Crippen LogP contribution is 2.48. The van der Waals surface area contributed by atoms with Gasteiger partial charge in [0, 0.05) is 23.5 Å². The third-order valence-corrected chi connectivity index (χ3v) is 10.8. The van der Waals surface area contributed by atoms with Crippen molar-refractivity contribution in [1.82, 2.24) is 0 Å². The number of hydrogen-bond donors (Lipinski definition) is 1. The molecule has 0 radical (unpaired) electrons. The minimum atomic E-state index is 0.212. The van der Waals surface area contributed by atoms with Crippen molar-refractivity contribution in [2.24, 2.45) is 33.7 Å². The van der Waals surface area contributed by atoms with Crippen LogP contribution in [-0.2, 0) is 6.42 Å². The molecule has 4 nitrogen and oxygen atoms in total. The minimum absolute atomic E-state index is 0.212. The second kappa shape index (κ2) is 9.55. The highest BCUT2D eigenvalue weighted by molar-refractivity contribution is 6.16. The van der Waals surface area contributed by atoms with Gasteiger partial charge < -0.3 is 10.2 Å². The molecule has 2 aromatic carbocycles. The maximum absolute atomic E-state index is 5.63. The van der Waals surface area contributed by atoms with Crippen molar-refractivity contribution in [2.75, 3.05) is 10.2 Å². The summed E-state index contributed by atoms with van der Waals surface area (Å²) in [6, 6.07) is 18.4.